The van der Waals surface area contributed by atoms with Crippen molar-refractivity contribution >= 4 is 16.5 Å². The summed E-state index contributed by atoms with van der Waals surface area (Å²) >= 11 is 0. The number of aryl methyl sites for hydroxylation is 2. The van der Waals surface area contributed by atoms with Gasteiger partial charge < -0.3 is 0 Å². The summed E-state index contributed by atoms with van der Waals surface area (Å²) in [6.45, 7) is 11.8. The van der Waals surface area contributed by atoms with Crippen LogP contribution in [-0.2, 0) is 7.05 Å². The highest BCUT2D eigenvalue weighted by atomic mass is 14.9. The summed E-state index contributed by atoms with van der Waals surface area (Å²) in [5.41, 5.74) is 9.16. The second-order valence-corrected chi connectivity index (χ2v) is 8.42. The van der Waals surface area contributed by atoms with Crippen molar-refractivity contribution in [3.05, 3.63) is 70.2 Å². The van der Waals surface area contributed by atoms with E-state index in [9.17, 15) is 0 Å². The number of fused-ring (bicyclic) bond motifs is 3. The minimum atomic E-state index is 0.709. The van der Waals surface area contributed by atoms with Gasteiger partial charge in [-0.15, -0.1) is 0 Å². The minimum Gasteiger partial charge on any atom is -0.238 e. The van der Waals surface area contributed by atoms with Gasteiger partial charge in [-0.05, 0) is 78.7 Å². The van der Waals surface area contributed by atoms with Crippen LogP contribution in [0.25, 0.3) is 26.9 Å². The van der Waals surface area contributed by atoms with Crippen LogP contribution < -0.4 is 4.57 Å². The molecule has 2 bridgehead atoms. The number of rotatable bonds is 1. The first kappa shape index (κ1) is 16.5. The normalized spacial score (nSPS) is 20.5. The van der Waals surface area contributed by atoms with Crippen LogP contribution in [0, 0.1) is 20.4 Å². The Morgan fingerprint density at radius 1 is 0.926 bits per heavy atom. The van der Waals surface area contributed by atoms with E-state index in [0.29, 0.717) is 5.69 Å². The summed E-state index contributed by atoms with van der Waals surface area (Å²) in [4.78, 5) is 3.62. The molecule has 3 aliphatic rings. The molecule has 1 heterocycles. The van der Waals surface area contributed by atoms with Gasteiger partial charge in [0.15, 0.2) is 11.4 Å². The van der Waals surface area contributed by atoms with E-state index in [2.05, 4.69) is 54.6 Å². The lowest BCUT2D eigenvalue weighted by Gasteiger charge is -2.38. The van der Waals surface area contributed by atoms with E-state index in [1.165, 1.54) is 53.6 Å². The van der Waals surface area contributed by atoms with Crippen molar-refractivity contribution in [1.29, 1.82) is 0 Å². The first-order chi connectivity index (χ1) is 13.1. The molecule has 3 aromatic rings. The van der Waals surface area contributed by atoms with E-state index in [1.54, 1.807) is 11.1 Å². The lowest BCUT2D eigenvalue weighted by molar-refractivity contribution is -0.665. The maximum Gasteiger partial charge on any atom is 0.220 e. The molecular formula is C25H25N2+. The van der Waals surface area contributed by atoms with E-state index in [4.69, 9.17) is 6.57 Å². The van der Waals surface area contributed by atoms with Gasteiger partial charge in [0, 0.05) is 13.0 Å². The Morgan fingerprint density at radius 2 is 1.59 bits per heavy atom. The summed E-state index contributed by atoms with van der Waals surface area (Å²) in [5, 5.41) is 2.40. The lowest BCUT2D eigenvalue weighted by Crippen LogP contribution is -2.35. The smallest absolute Gasteiger partial charge is 0.220 e. The van der Waals surface area contributed by atoms with E-state index in [0.717, 1.165) is 17.2 Å². The third kappa shape index (κ3) is 2.42. The zero-order valence-electron chi connectivity index (χ0n) is 16.3. The maximum absolute atomic E-state index is 7.34. The van der Waals surface area contributed by atoms with Gasteiger partial charge in [0.05, 0.1) is 17.5 Å². The lowest BCUT2D eigenvalue weighted by atomic mass is 9.66. The van der Waals surface area contributed by atoms with E-state index < -0.39 is 0 Å². The molecule has 27 heavy (non-hydrogen) atoms. The maximum atomic E-state index is 7.34. The average Bonchev–Trinajstić information content (AvgIpc) is 2.69. The number of hydrogen-bond donors (Lipinski definition) is 0. The number of pyridine rings is 1. The van der Waals surface area contributed by atoms with Crippen molar-refractivity contribution in [2.45, 2.75) is 51.4 Å². The molecule has 1 aromatic heterocycles. The molecule has 0 atom stereocenters. The third-order valence-corrected chi connectivity index (χ3v) is 6.94. The summed E-state index contributed by atoms with van der Waals surface area (Å²) in [6.07, 6.45) is 5.46. The molecule has 0 radical (unpaired) electrons. The van der Waals surface area contributed by atoms with E-state index in [1.807, 2.05) is 12.1 Å². The molecule has 6 rings (SSSR count). The second-order valence-electron chi connectivity index (χ2n) is 8.42. The monoisotopic (exact) mass is 353 g/mol. The first-order valence-corrected chi connectivity index (χ1v) is 10.0. The van der Waals surface area contributed by atoms with Gasteiger partial charge in [0.1, 0.15) is 7.05 Å². The van der Waals surface area contributed by atoms with Crippen LogP contribution in [0.2, 0.25) is 0 Å². The molecule has 0 saturated heterocycles. The van der Waals surface area contributed by atoms with Crippen molar-refractivity contribution in [2.75, 3.05) is 0 Å². The Bertz CT molecular complexity index is 1130. The molecule has 1 fully saturated rings. The van der Waals surface area contributed by atoms with Crippen LogP contribution >= 0.6 is 0 Å². The fourth-order valence-corrected chi connectivity index (χ4v) is 5.38. The van der Waals surface area contributed by atoms with Crippen molar-refractivity contribution in [2.24, 2.45) is 7.05 Å². The molecule has 0 amide bonds. The number of aromatic nitrogens is 1. The van der Waals surface area contributed by atoms with Gasteiger partial charge in [-0.1, -0.05) is 18.2 Å². The van der Waals surface area contributed by atoms with Crippen LogP contribution in [-0.4, -0.2) is 0 Å². The van der Waals surface area contributed by atoms with Crippen molar-refractivity contribution in [3.63, 3.8) is 0 Å². The number of benzene rings is 2. The standard InChI is InChI=1S/C25H25N2/c1-15-11-23-17-5-7-18(8-6-17)24(23)14-22(15)25-21-10-9-20(26-3)13-19(21)12-16(2)27(25)4/h9-14,17-18H,5-8H2,1-2,4H3/q+1. The largest absolute Gasteiger partial charge is 0.238 e. The molecule has 0 spiro atoms. The molecule has 0 aliphatic heterocycles. The van der Waals surface area contributed by atoms with E-state index >= 15 is 0 Å². The van der Waals surface area contributed by atoms with Gasteiger partial charge in [0.2, 0.25) is 5.69 Å². The fraction of sp³-hybridized carbons (Fsp3) is 0.360. The first-order valence-electron chi connectivity index (χ1n) is 10.0. The molecule has 1 saturated carbocycles. The summed E-state index contributed by atoms with van der Waals surface area (Å²) in [6, 6.07) is 13.3. The van der Waals surface area contributed by atoms with Crippen molar-refractivity contribution in [3.8, 4) is 11.3 Å². The van der Waals surface area contributed by atoms with Gasteiger partial charge in [-0.2, -0.15) is 4.57 Å². The Morgan fingerprint density at radius 3 is 2.26 bits per heavy atom. The van der Waals surface area contributed by atoms with Gasteiger partial charge in [-0.3, -0.25) is 0 Å². The second kappa shape index (κ2) is 5.92. The molecule has 2 heteroatoms. The topological polar surface area (TPSA) is 8.24 Å². The Labute approximate surface area is 161 Å². The van der Waals surface area contributed by atoms with Gasteiger partial charge >= 0.3 is 0 Å². The van der Waals surface area contributed by atoms with Crippen LogP contribution in [0.5, 0.6) is 0 Å². The SMILES string of the molecule is [C-]#[N+]c1ccc2c(-c3cc4c(cc3C)C3CCC4CC3)[n+](C)c(C)cc2c1. The van der Waals surface area contributed by atoms with Crippen LogP contribution in [0.1, 0.15) is 59.9 Å². The fourth-order valence-electron chi connectivity index (χ4n) is 5.38. The van der Waals surface area contributed by atoms with Crippen LogP contribution in [0.3, 0.4) is 0 Å². The van der Waals surface area contributed by atoms with E-state index in [-0.39, 0.29) is 0 Å². The molecule has 2 aromatic carbocycles. The van der Waals surface area contributed by atoms with Crippen LogP contribution in [0.15, 0.2) is 36.4 Å². The summed E-state index contributed by atoms with van der Waals surface area (Å²) < 4.78 is 2.32. The molecule has 0 unspecified atom stereocenters. The third-order valence-electron chi connectivity index (χ3n) is 6.94. The molecule has 134 valence electrons. The molecular weight excluding hydrogens is 328 g/mol. The number of hydrogen-bond acceptors (Lipinski definition) is 0. The Kier molecular flexibility index (Phi) is 3.62. The predicted octanol–water partition coefficient (Wildman–Crippen LogP) is 6.25. The predicted molar refractivity (Wildman–Crippen MR) is 110 cm³/mol. The quantitative estimate of drug-likeness (QED) is 0.361. The number of nitrogens with zero attached hydrogens (tertiary/aromatic N) is 2. The van der Waals surface area contributed by atoms with Gasteiger partial charge in [-0.25, -0.2) is 4.85 Å². The highest BCUT2D eigenvalue weighted by Gasteiger charge is 2.34. The molecule has 0 N–H and O–H groups in total. The Balaban J connectivity index is 1.81. The Hall–Kier alpha value is -2.66. The van der Waals surface area contributed by atoms with Crippen LogP contribution in [0.4, 0.5) is 5.69 Å². The minimum absolute atomic E-state index is 0.709. The molecule has 2 nitrogen and oxygen atoms in total. The zero-order valence-corrected chi connectivity index (χ0v) is 16.3. The summed E-state index contributed by atoms with van der Waals surface area (Å²) in [5.74, 6) is 1.53. The zero-order chi connectivity index (χ0) is 18.7. The van der Waals surface area contributed by atoms with Gasteiger partial charge in [0.25, 0.3) is 0 Å². The van der Waals surface area contributed by atoms with Crippen molar-refractivity contribution in [1.82, 2.24) is 0 Å². The average molecular weight is 353 g/mol. The highest BCUT2D eigenvalue weighted by molar-refractivity contribution is 5.96. The highest BCUT2D eigenvalue weighted by Crippen LogP contribution is 2.50. The van der Waals surface area contributed by atoms with Crippen molar-refractivity contribution < 1.29 is 4.57 Å². The molecule has 3 aliphatic carbocycles. The summed E-state index contributed by atoms with van der Waals surface area (Å²) in [7, 11) is 2.16.